The molecule has 192 valence electrons. The molecule has 0 saturated carbocycles. The molecule has 1 unspecified atom stereocenters. The average molecular weight is 505 g/mol. The maximum atomic E-state index is 13.8. The summed E-state index contributed by atoms with van der Waals surface area (Å²) in [6.07, 6.45) is 2.74. The van der Waals surface area contributed by atoms with Gasteiger partial charge in [-0.2, -0.15) is 0 Å². The smallest absolute Gasteiger partial charge is 0.276 e. The number of hydrogen-bond donors (Lipinski definition) is 0. The van der Waals surface area contributed by atoms with E-state index in [1.54, 1.807) is 52.9 Å². The molecular weight excluding hydrogens is 476 g/mol. The number of carbonyl (C=O) groups excluding carboxylic acids is 1. The van der Waals surface area contributed by atoms with Crippen LogP contribution in [0.2, 0.25) is 0 Å². The summed E-state index contributed by atoms with van der Waals surface area (Å²) in [6.45, 7) is 0.502. The minimum atomic E-state index is -0.294. The zero-order valence-corrected chi connectivity index (χ0v) is 21.1. The van der Waals surface area contributed by atoms with Crippen molar-refractivity contribution < 1.29 is 32.7 Å². The molecule has 37 heavy (non-hydrogen) atoms. The van der Waals surface area contributed by atoms with Gasteiger partial charge in [-0.05, 0) is 65.9 Å². The zero-order valence-electron chi connectivity index (χ0n) is 21.1. The molecule has 3 heterocycles. The van der Waals surface area contributed by atoms with Crippen LogP contribution in [-0.2, 0) is 12.8 Å². The minimum absolute atomic E-state index is 0.215. The fraction of sp³-hybridized carbons (Fsp3) is 0.286. The molecule has 0 N–H and O–H groups in total. The molecular formula is C28H28N2O7. The summed E-state index contributed by atoms with van der Waals surface area (Å²) in [5, 5.41) is 4.05. The van der Waals surface area contributed by atoms with Crippen LogP contribution in [0.4, 0.5) is 0 Å². The van der Waals surface area contributed by atoms with Crippen LogP contribution in [0.25, 0.3) is 11.5 Å². The van der Waals surface area contributed by atoms with E-state index in [4.69, 9.17) is 27.9 Å². The first-order chi connectivity index (χ1) is 18.1. The largest absolute Gasteiger partial charge is 0.493 e. The average Bonchev–Trinajstić information content (AvgIpc) is 3.64. The Bertz CT molecular complexity index is 1390. The van der Waals surface area contributed by atoms with E-state index >= 15 is 0 Å². The van der Waals surface area contributed by atoms with Crippen molar-refractivity contribution in [3.05, 3.63) is 77.2 Å². The van der Waals surface area contributed by atoms with Crippen LogP contribution in [0, 0.1) is 0 Å². The molecule has 1 aliphatic heterocycles. The molecule has 0 radical (unpaired) electrons. The first kappa shape index (κ1) is 24.3. The fourth-order valence-corrected chi connectivity index (χ4v) is 4.78. The van der Waals surface area contributed by atoms with E-state index in [1.807, 2.05) is 35.2 Å². The van der Waals surface area contributed by atoms with Crippen molar-refractivity contribution in [2.75, 3.05) is 35.0 Å². The molecule has 0 spiro atoms. The van der Waals surface area contributed by atoms with Crippen LogP contribution >= 0.6 is 0 Å². The van der Waals surface area contributed by atoms with E-state index in [1.165, 1.54) is 0 Å². The monoisotopic (exact) mass is 504 g/mol. The van der Waals surface area contributed by atoms with Gasteiger partial charge in [0, 0.05) is 12.6 Å². The van der Waals surface area contributed by atoms with E-state index in [0.717, 1.165) is 16.7 Å². The summed E-state index contributed by atoms with van der Waals surface area (Å²) >= 11 is 0. The lowest BCUT2D eigenvalue weighted by atomic mass is 9.87. The van der Waals surface area contributed by atoms with Gasteiger partial charge in [0.2, 0.25) is 5.76 Å². The molecule has 0 saturated heterocycles. The summed E-state index contributed by atoms with van der Waals surface area (Å²) in [7, 11) is 6.42. The number of hydrogen-bond acceptors (Lipinski definition) is 8. The van der Waals surface area contributed by atoms with Gasteiger partial charge in [0.1, 0.15) is 0 Å². The highest BCUT2D eigenvalue weighted by atomic mass is 16.5. The van der Waals surface area contributed by atoms with Crippen molar-refractivity contribution in [2.45, 2.75) is 18.9 Å². The van der Waals surface area contributed by atoms with Gasteiger partial charge >= 0.3 is 0 Å². The van der Waals surface area contributed by atoms with Crippen LogP contribution in [0.1, 0.15) is 33.2 Å². The van der Waals surface area contributed by atoms with Gasteiger partial charge in [-0.25, -0.2) is 0 Å². The minimum Gasteiger partial charge on any atom is -0.493 e. The maximum Gasteiger partial charge on any atom is 0.276 e. The van der Waals surface area contributed by atoms with Gasteiger partial charge < -0.3 is 32.8 Å². The lowest BCUT2D eigenvalue weighted by Crippen LogP contribution is -2.41. The lowest BCUT2D eigenvalue weighted by Gasteiger charge is -2.37. The highest BCUT2D eigenvalue weighted by Gasteiger charge is 2.34. The second-order valence-corrected chi connectivity index (χ2v) is 8.62. The number of methoxy groups -OCH3 is 4. The van der Waals surface area contributed by atoms with Gasteiger partial charge in [-0.1, -0.05) is 11.2 Å². The summed E-state index contributed by atoms with van der Waals surface area (Å²) in [6, 6.07) is 14.5. The van der Waals surface area contributed by atoms with E-state index in [-0.39, 0.29) is 17.6 Å². The van der Waals surface area contributed by atoms with E-state index in [0.29, 0.717) is 53.9 Å². The first-order valence-electron chi connectivity index (χ1n) is 11.8. The third-order valence-corrected chi connectivity index (χ3v) is 6.63. The number of ether oxygens (including phenoxy) is 4. The highest BCUT2D eigenvalue weighted by Crippen LogP contribution is 2.41. The number of rotatable bonds is 8. The molecule has 1 atom stereocenters. The Labute approximate surface area is 214 Å². The van der Waals surface area contributed by atoms with Crippen LogP contribution in [0.5, 0.6) is 23.0 Å². The van der Waals surface area contributed by atoms with E-state index < -0.39 is 0 Å². The second kappa shape index (κ2) is 10.3. The van der Waals surface area contributed by atoms with Crippen molar-refractivity contribution in [2.24, 2.45) is 0 Å². The number of aromatic nitrogens is 1. The molecule has 0 aliphatic carbocycles. The molecule has 5 rings (SSSR count). The SMILES string of the molecule is COc1ccc(CC2c3cc(OC)c(OC)cc3CCN2C(=O)c2cc(-c3ccco3)on2)cc1OC. The van der Waals surface area contributed by atoms with Gasteiger partial charge in [0.05, 0.1) is 40.7 Å². The Hall–Kier alpha value is -4.40. The molecule has 2 aromatic heterocycles. The molecule has 0 bridgehead atoms. The number of benzene rings is 2. The van der Waals surface area contributed by atoms with Crippen LogP contribution in [-0.4, -0.2) is 50.9 Å². The van der Waals surface area contributed by atoms with Crippen molar-refractivity contribution >= 4 is 5.91 Å². The van der Waals surface area contributed by atoms with Crippen LogP contribution in [0.3, 0.4) is 0 Å². The maximum absolute atomic E-state index is 13.8. The Morgan fingerprint density at radius 3 is 2.35 bits per heavy atom. The van der Waals surface area contributed by atoms with Gasteiger partial charge in [0.25, 0.3) is 5.91 Å². The van der Waals surface area contributed by atoms with E-state index in [2.05, 4.69) is 5.16 Å². The van der Waals surface area contributed by atoms with Gasteiger partial charge in [0.15, 0.2) is 34.5 Å². The molecule has 9 nitrogen and oxygen atoms in total. The molecule has 4 aromatic rings. The molecule has 1 aliphatic rings. The van der Waals surface area contributed by atoms with Crippen LogP contribution in [0.15, 0.2) is 63.7 Å². The summed E-state index contributed by atoms with van der Waals surface area (Å²) in [5.74, 6) is 3.21. The number of amides is 1. The lowest BCUT2D eigenvalue weighted by molar-refractivity contribution is 0.0649. The summed E-state index contributed by atoms with van der Waals surface area (Å²) in [4.78, 5) is 15.6. The second-order valence-electron chi connectivity index (χ2n) is 8.62. The van der Waals surface area contributed by atoms with Crippen molar-refractivity contribution in [3.63, 3.8) is 0 Å². The third-order valence-electron chi connectivity index (χ3n) is 6.63. The molecule has 9 heteroatoms. The quantitative estimate of drug-likeness (QED) is 0.333. The highest BCUT2D eigenvalue weighted by molar-refractivity contribution is 5.93. The Balaban J connectivity index is 1.54. The topological polar surface area (TPSA) is 96.4 Å². The number of carbonyl (C=O) groups is 1. The standard InChI is InChI=1S/C28H28N2O7/c1-32-22-8-7-17(13-24(22)33-2)12-21-19-15-26(35-4)25(34-3)14-18(19)9-10-30(21)28(31)20-16-27(37-29-20)23-6-5-11-36-23/h5-8,11,13-16,21H,9-10,12H2,1-4H3. The first-order valence-corrected chi connectivity index (χ1v) is 11.8. The van der Waals surface area contributed by atoms with Crippen LogP contribution < -0.4 is 18.9 Å². The predicted molar refractivity (Wildman–Crippen MR) is 134 cm³/mol. The number of furan rings is 1. The Kier molecular flexibility index (Phi) is 6.76. The Morgan fingerprint density at radius 2 is 1.65 bits per heavy atom. The summed E-state index contributed by atoms with van der Waals surface area (Å²) < 4.78 is 32.8. The van der Waals surface area contributed by atoms with Crippen molar-refractivity contribution in [3.8, 4) is 34.5 Å². The van der Waals surface area contributed by atoms with Crippen molar-refractivity contribution in [1.29, 1.82) is 0 Å². The molecule has 0 fully saturated rings. The summed E-state index contributed by atoms with van der Waals surface area (Å²) in [5.41, 5.74) is 3.29. The molecule has 1 amide bonds. The molecule has 2 aromatic carbocycles. The fourth-order valence-electron chi connectivity index (χ4n) is 4.78. The Morgan fingerprint density at radius 1 is 0.919 bits per heavy atom. The number of fused-ring (bicyclic) bond motifs is 1. The van der Waals surface area contributed by atoms with Crippen molar-refractivity contribution in [1.82, 2.24) is 10.1 Å². The number of nitrogens with zero attached hydrogens (tertiary/aromatic N) is 2. The normalized spacial score (nSPS) is 14.7. The van der Waals surface area contributed by atoms with Gasteiger partial charge in [-0.15, -0.1) is 0 Å². The predicted octanol–water partition coefficient (Wildman–Crippen LogP) is 4.95. The van der Waals surface area contributed by atoms with Gasteiger partial charge in [-0.3, -0.25) is 4.79 Å². The zero-order chi connectivity index (χ0) is 25.9. The van der Waals surface area contributed by atoms with E-state index in [9.17, 15) is 4.79 Å². The third kappa shape index (κ3) is 4.60.